The number of carbonyl (C=O) groups is 2. The van der Waals surface area contributed by atoms with Gasteiger partial charge in [0.2, 0.25) is 0 Å². The van der Waals surface area contributed by atoms with E-state index in [1.165, 1.54) is 35.9 Å². The molecule has 618 valence electrons. The van der Waals surface area contributed by atoms with Crippen molar-refractivity contribution >= 4 is 51.6 Å². The third-order valence-corrected chi connectivity index (χ3v) is 15.7. The number of phenolic OH excluding ortho intramolecular Hbond substituents is 3. The summed E-state index contributed by atoms with van der Waals surface area (Å²) in [5, 5.41) is 76.6. The zero-order chi connectivity index (χ0) is 86.0. The summed E-state index contributed by atoms with van der Waals surface area (Å²) in [5.74, 6) is 6.88. The van der Waals surface area contributed by atoms with Gasteiger partial charge in [0.1, 0.15) is 114 Å². The number of hydrogen-bond donors (Lipinski definition) is 5. The summed E-state index contributed by atoms with van der Waals surface area (Å²) in [7, 11) is 0. The normalized spacial score (nSPS) is 9.22. The minimum atomic E-state index is -0.570. The van der Waals surface area contributed by atoms with Crippen molar-refractivity contribution in [3.63, 3.8) is 0 Å². The van der Waals surface area contributed by atoms with E-state index in [-0.39, 0.29) is 257 Å². The summed E-state index contributed by atoms with van der Waals surface area (Å²) in [6.07, 6.45) is 0. The number of nitriles is 1. The van der Waals surface area contributed by atoms with E-state index in [2.05, 4.69) is 43.2 Å². The van der Waals surface area contributed by atoms with Gasteiger partial charge in [-0.2, -0.15) is 5.26 Å². The van der Waals surface area contributed by atoms with Crippen LogP contribution in [0, 0.1) is 37.4 Å². The largest absolute Gasteiger partial charge is 1.00 e. The van der Waals surface area contributed by atoms with Gasteiger partial charge in [-0.25, -0.2) is 4.39 Å². The second-order valence-electron chi connectivity index (χ2n) is 23.9. The Morgan fingerprint density at radius 2 is 0.637 bits per heavy atom. The van der Waals surface area contributed by atoms with Crippen molar-refractivity contribution in [2.45, 2.75) is 31.8 Å². The number of rotatable bonds is 25. The van der Waals surface area contributed by atoms with Gasteiger partial charge in [0.05, 0.1) is 15.9 Å². The fraction of sp³-hybridized carbons (Fsp3) is 0.0645. The predicted molar refractivity (Wildman–Crippen MR) is 454 cm³/mol. The molecule has 0 saturated carbocycles. The maximum absolute atomic E-state index is 12.1. The van der Waals surface area contributed by atoms with E-state index in [0.29, 0.717) is 60.9 Å². The molecule has 0 aromatic heterocycles. The Bertz CT molecular complexity index is 5270. The molecule has 0 heterocycles. The number of benzene rings is 14. The van der Waals surface area contributed by atoms with E-state index in [9.17, 15) is 29.7 Å². The molecule has 0 unspecified atom stereocenters. The van der Waals surface area contributed by atoms with Gasteiger partial charge in [0.15, 0.2) is 0 Å². The Morgan fingerprint density at radius 3 is 0.911 bits per heavy atom. The van der Waals surface area contributed by atoms with Crippen molar-refractivity contribution in [3.8, 4) is 80.8 Å². The number of hydrogen-bond acceptors (Lipinski definition) is 23. The molecular formula is C93H83BrFK4N5O20. The maximum atomic E-state index is 12.1. The topological polar surface area (TPSA) is 372 Å². The fourth-order valence-electron chi connectivity index (χ4n) is 9.40. The first-order valence-corrected chi connectivity index (χ1v) is 37.1. The van der Waals surface area contributed by atoms with E-state index in [0.717, 1.165) is 86.3 Å². The first-order chi connectivity index (χ1) is 58.4. The molecule has 0 amide bonds. The number of anilines is 2. The zero-order valence-corrected chi connectivity index (χ0v) is 82.2. The molecule has 0 bridgehead atoms. The minimum Gasteiger partial charge on any atom is -1.00 e. The number of nitro benzene ring substituents is 2. The number of nitrogen functional groups attached to an aromatic ring is 1. The predicted octanol–water partition coefficient (Wildman–Crippen LogP) is 8.09. The molecule has 14 aromatic carbocycles. The van der Waals surface area contributed by atoms with Gasteiger partial charge in [0.25, 0.3) is 24.3 Å². The van der Waals surface area contributed by atoms with Crippen molar-refractivity contribution in [2.24, 2.45) is 0 Å². The molecule has 31 heteroatoms. The first-order valence-electron chi connectivity index (χ1n) is 36.0. The van der Waals surface area contributed by atoms with Gasteiger partial charge < -0.3 is 82.7 Å². The second kappa shape index (κ2) is 68.1. The van der Waals surface area contributed by atoms with Gasteiger partial charge in [-0.15, -0.1) is 0 Å². The van der Waals surface area contributed by atoms with Crippen LogP contribution >= 0.6 is 15.9 Å². The molecule has 124 heavy (non-hydrogen) atoms. The van der Waals surface area contributed by atoms with E-state index in [1.54, 1.807) is 48.5 Å². The number of aromatic hydroxyl groups is 3. The van der Waals surface area contributed by atoms with Gasteiger partial charge >= 0.3 is 206 Å². The maximum Gasteiger partial charge on any atom is 1.00 e. The Morgan fingerprint density at radius 1 is 0.371 bits per heavy atom. The third kappa shape index (κ3) is 49.5. The monoisotopic (exact) mass is 1840 g/mol. The molecule has 14 rings (SSSR count). The number of nitrogens with two attached hydrogens (primary N) is 1. The van der Waals surface area contributed by atoms with Crippen LogP contribution in [0.15, 0.2) is 370 Å². The van der Waals surface area contributed by atoms with Gasteiger partial charge in [-0.1, -0.05) is 198 Å². The van der Waals surface area contributed by atoms with E-state index >= 15 is 0 Å². The Labute approximate surface area is 898 Å². The second-order valence-corrected chi connectivity index (χ2v) is 24.5. The van der Waals surface area contributed by atoms with E-state index in [4.69, 9.17) is 74.5 Å². The van der Waals surface area contributed by atoms with Crippen LogP contribution in [0.1, 0.15) is 30.7 Å². The molecule has 0 aliphatic heterocycles. The molecule has 0 aliphatic rings. The van der Waals surface area contributed by atoms with Crippen molar-refractivity contribution < 1.29 is 301 Å². The number of nitrogens with one attached hydrogen (secondary N) is 1. The van der Waals surface area contributed by atoms with Crippen LogP contribution in [0.25, 0.3) is 0 Å². The molecule has 6 N–H and O–H groups in total. The molecule has 0 saturated heterocycles. The van der Waals surface area contributed by atoms with Gasteiger partial charge in [0, 0.05) is 71.3 Å². The Hall–Kier alpha value is -9.21. The van der Waals surface area contributed by atoms with Crippen LogP contribution in [0.5, 0.6) is 74.7 Å². The number of nitrogens with zero attached hydrogens (tertiary/aromatic N) is 3. The van der Waals surface area contributed by atoms with Gasteiger partial charge in [-0.3, -0.25) is 29.8 Å². The number of phenols is 3. The molecular weight excluding hydrogens is 1760 g/mol. The van der Waals surface area contributed by atoms with Crippen molar-refractivity contribution in [1.29, 1.82) is 5.26 Å². The van der Waals surface area contributed by atoms with E-state index in [1.807, 2.05) is 261 Å². The number of non-ortho nitro benzene ring substituents is 2. The summed E-state index contributed by atoms with van der Waals surface area (Å²) in [6, 6.07) is 112. The minimum absolute atomic E-state index is 0. The standard InChI is InChI=1S/C21H18N2O2.C19H15NO4.C19H17NO2.C13H12O2.C7H7Br.C6H4FNO2.C6H6O2.2CH2O3.4K.2H/c22-13-14-23-18-9-11-19(12-10-18)25-21-8-4-7-20(15-21)24-16-17-5-2-1-3-6-17;21-20(22)16-9-11-17(12-10-16)24-19-8-4-7-18(13-19)23-14-15-5-2-1-3-6-15;20-16-9-11-17(12-10-16)22-19-8-4-7-18(13-19)21-14-15-5-2-1-3-6-15;14-12-7-4-8-13(9-12)15-10-11-5-2-1-3-6-11;8-6-7-4-2-1-3-5-7;7-5-1-3-6(4-2-5)8(9)10;7-5-2-1-3-6(8)4-5;2*2-1-4-3;;;;;;/h1-12,15,23H,14,16H2;1-13H,14H2;1-13H,14,20H2;1-9,14H,10H2;1-5H,6H2;1-4H;1-4,7-8H;2*1,3H;;;;;;/q;;;;;;;;;4*+1;2*-1/p-2. The molecule has 0 radical (unpaired) electrons. The Kier molecular flexibility index (Phi) is 60.9. The summed E-state index contributed by atoms with van der Waals surface area (Å²) < 4.78 is 52.3. The summed E-state index contributed by atoms with van der Waals surface area (Å²) in [6.45, 7) is 1.96. The number of alkyl halides is 1. The average Bonchev–Trinajstić information content (AvgIpc) is 0.865. The number of carbonyl (C=O) groups excluding carboxylic acids is 2. The zero-order valence-electron chi connectivity index (χ0n) is 70.1. The van der Waals surface area contributed by atoms with Crippen LogP contribution < -0.4 is 260 Å². The molecule has 0 spiro atoms. The van der Waals surface area contributed by atoms with Crippen LogP contribution in [0.3, 0.4) is 0 Å². The molecule has 0 atom stereocenters. The molecule has 0 fully saturated rings. The summed E-state index contributed by atoms with van der Waals surface area (Å²) >= 11 is 3.36. The number of nitro groups is 2. The number of ether oxygens (including phenoxy) is 7. The van der Waals surface area contributed by atoms with Crippen LogP contribution in [0.2, 0.25) is 0 Å². The van der Waals surface area contributed by atoms with Crippen molar-refractivity contribution in [1.82, 2.24) is 0 Å². The Balaban J connectivity index is 0.00000146. The number of halogens is 2. The SMILES string of the molecule is BrCc1ccccc1.N#CCNc1ccc(Oc2cccc(OCc3ccccc3)c2)cc1.Nc1ccc(Oc2cccc(OCc3ccccc3)c2)cc1.O=CO[O-].O=CO[O-].O=[N+]([O-])c1ccc(F)cc1.O=[N+]([O-])c1ccc(Oc2cccc(OCc3ccccc3)c2)cc1.Oc1cccc(O)c1.Oc1cccc(OCc2ccccc2)c1.[H-].[H-].[K+].[K+].[K+].[K+]. The van der Waals surface area contributed by atoms with Crippen LogP contribution in [-0.2, 0) is 51.1 Å². The average molecular weight is 1850 g/mol. The van der Waals surface area contributed by atoms with E-state index < -0.39 is 15.7 Å². The fourth-order valence-corrected chi connectivity index (χ4v) is 9.78. The quantitative estimate of drug-likeness (QED) is 0.00527. The molecule has 0 aliphatic carbocycles. The smallest absolute Gasteiger partial charge is 1.00 e. The first kappa shape index (κ1) is 111. The van der Waals surface area contributed by atoms with Crippen LogP contribution in [-0.4, -0.2) is 44.7 Å². The summed E-state index contributed by atoms with van der Waals surface area (Å²) in [4.78, 5) is 42.1. The van der Waals surface area contributed by atoms with Gasteiger partial charge in [-0.05, 0) is 161 Å². The third-order valence-electron chi connectivity index (χ3n) is 15.0. The molecule has 14 aromatic rings. The van der Waals surface area contributed by atoms with Crippen molar-refractivity contribution in [3.05, 3.63) is 424 Å². The summed E-state index contributed by atoms with van der Waals surface area (Å²) in [5.41, 5.74) is 13.0. The van der Waals surface area contributed by atoms with Crippen LogP contribution in [0.4, 0.5) is 27.1 Å². The molecule has 25 nitrogen and oxygen atoms in total. The van der Waals surface area contributed by atoms with Crippen molar-refractivity contribution in [2.75, 3.05) is 17.6 Å².